The molecule has 1 aliphatic rings. The van der Waals surface area contributed by atoms with Gasteiger partial charge in [-0.15, -0.1) is 11.3 Å². The van der Waals surface area contributed by atoms with E-state index >= 15 is 0 Å². The Morgan fingerprint density at radius 2 is 1.94 bits per heavy atom. The van der Waals surface area contributed by atoms with Crippen molar-refractivity contribution in [1.82, 2.24) is 9.55 Å². The quantitative estimate of drug-likeness (QED) is 0.213. The van der Waals surface area contributed by atoms with Gasteiger partial charge in [0.05, 0.1) is 23.3 Å². The van der Waals surface area contributed by atoms with Gasteiger partial charge in [-0.1, -0.05) is 64.9 Å². The zero-order chi connectivity index (χ0) is 22.3. The number of para-hydroxylation sites is 1. The van der Waals surface area contributed by atoms with Crippen molar-refractivity contribution < 1.29 is 4.74 Å². The van der Waals surface area contributed by atoms with E-state index in [9.17, 15) is 4.79 Å². The first-order valence-electron chi connectivity index (χ1n) is 10.6. The van der Waals surface area contributed by atoms with Crippen molar-refractivity contribution in [3.05, 3.63) is 85.4 Å². The number of fused-ring (bicyclic) bond motifs is 3. The molecule has 0 amide bonds. The van der Waals surface area contributed by atoms with Gasteiger partial charge in [0.25, 0.3) is 5.56 Å². The second-order valence-electron chi connectivity index (χ2n) is 8.24. The van der Waals surface area contributed by atoms with E-state index in [1.165, 1.54) is 5.56 Å². The minimum absolute atomic E-state index is 0.0114. The number of thiophene rings is 1. The van der Waals surface area contributed by atoms with Crippen molar-refractivity contribution in [3.63, 3.8) is 0 Å². The third kappa shape index (κ3) is 4.07. The Morgan fingerprint density at radius 1 is 1.19 bits per heavy atom. The highest BCUT2D eigenvalue weighted by molar-refractivity contribution is 9.10. The molecule has 0 aliphatic carbocycles. The average Bonchev–Trinajstić information content (AvgIpc) is 3.17. The summed E-state index contributed by atoms with van der Waals surface area (Å²) in [4.78, 5) is 20.9. The van der Waals surface area contributed by atoms with Crippen molar-refractivity contribution in [2.75, 3.05) is 0 Å². The van der Waals surface area contributed by atoms with Crippen LogP contribution in [-0.2, 0) is 23.5 Å². The molecule has 0 fully saturated rings. The van der Waals surface area contributed by atoms with Crippen LogP contribution in [0.3, 0.4) is 0 Å². The normalized spacial score (nSPS) is 18.1. The molecule has 0 N–H and O–H groups in total. The molecule has 1 atom stereocenters. The minimum Gasteiger partial charge on any atom is -0.369 e. The van der Waals surface area contributed by atoms with Crippen LogP contribution in [0.2, 0.25) is 0 Å². The van der Waals surface area contributed by atoms with E-state index < -0.39 is 0 Å². The fourth-order valence-electron chi connectivity index (χ4n) is 3.96. The highest BCUT2D eigenvalue weighted by atomic mass is 79.9. The van der Waals surface area contributed by atoms with Crippen LogP contribution in [-0.4, -0.2) is 15.2 Å². The number of halogens is 1. The second kappa shape index (κ2) is 8.78. The molecule has 5 rings (SSSR count). The predicted molar refractivity (Wildman–Crippen MR) is 136 cm³/mol. The first kappa shape index (κ1) is 21.9. The summed E-state index contributed by atoms with van der Waals surface area (Å²) in [7, 11) is 0. The maximum Gasteiger partial charge on any atom is 0.267 e. The number of thioether (sulfide) groups is 1. The van der Waals surface area contributed by atoms with E-state index in [0.29, 0.717) is 6.61 Å². The number of hydrogen-bond acceptors (Lipinski definition) is 5. The largest absolute Gasteiger partial charge is 0.369 e. The molecule has 4 aromatic rings. The van der Waals surface area contributed by atoms with E-state index in [1.54, 1.807) is 27.7 Å². The van der Waals surface area contributed by atoms with Crippen LogP contribution < -0.4 is 5.56 Å². The molecule has 2 aromatic carbocycles. The molecule has 0 radical (unpaired) electrons. The maximum atomic E-state index is 13.9. The minimum atomic E-state index is -0.236. The molecular formula is C25H23BrN2O2S2. The van der Waals surface area contributed by atoms with Crippen molar-refractivity contribution in [3.8, 4) is 5.69 Å². The van der Waals surface area contributed by atoms with Crippen LogP contribution in [0.4, 0.5) is 0 Å². The van der Waals surface area contributed by atoms with E-state index in [1.807, 2.05) is 42.5 Å². The highest BCUT2D eigenvalue weighted by Crippen LogP contribution is 2.39. The lowest BCUT2D eigenvalue weighted by molar-refractivity contribution is -0.0543. The van der Waals surface area contributed by atoms with Gasteiger partial charge in [-0.05, 0) is 48.7 Å². The lowest BCUT2D eigenvalue weighted by atomic mass is 9.90. The fourth-order valence-corrected chi connectivity index (χ4v) is 6.34. The topological polar surface area (TPSA) is 44.1 Å². The van der Waals surface area contributed by atoms with Crippen LogP contribution >= 0.6 is 39.0 Å². The number of aromatic nitrogens is 2. The van der Waals surface area contributed by atoms with Crippen molar-refractivity contribution in [2.24, 2.45) is 0 Å². The molecule has 4 nitrogen and oxygen atoms in total. The highest BCUT2D eigenvalue weighted by Gasteiger charge is 2.33. The standard InChI is InChI=1S/C25H23BrN2O2S2/c1-3-25(2)13-19-20(14-30-25)32-22-21(19)23(29)28(18-7-5-4-6-8-18)24(27-22)31-15-16-9-11-17(26)12-10-16/h4-12H,3,13-15H2,1-2H3/t25-/m0/s1. The van der Waals surface area contributed by atoms with E-state index in [-0.39, 0.29) is 11.2 Å². The van der Waals surface area contributed by atoms with Gasteiger partial charge in [-0.2, -0.15) is 0 Å². The molecule has 0 unspecified atom stereocenters. The molecular weight excluding hydrogens is 504 g/mol. The van der Waals surface area contributed by atoms with E-state index in [2.05, 4.69) is 41.9 Å². The Kier molecular flexibility index (Phi) is 6.01. The zero-order valence-corrected chi connectivity index (χ0v) is 21.1. The maximum absolute atomic E-state index is 13.9. The SMILES string of the molecule is CC[C@@]1(C)Cc2c(sc3nc(SCc4ccc(Br)cc4)n(-c4ccccc4)c(=O)c23)CO1. The number of nitrogens with zero attached hydrogens (tertiary/aromatic N) is 2. The average molecular weight is 528 g/mol. The first-order valence-corrected chi connectivity index (χ1v) is 13.2. The van der Waals surface area contributed by atoms with Crippen LogP contribution in [0.1, 0.15) is 36.3 Å². The molecule has 164 valence electrons. The first-order chi connectivity index (χ1) is 15.5. The molecule has 3 heterocycles. The van der Waals surface area contributed by atoms with Gasteiger partial charge in [0.2, 0.25) is 0 Å². The van der Waals surface area contributed by atoms with Crippen molar-refractivity contribution in [1.29, 1.82) is 0 Å². The Hall–Kier alpha value is -1.93. The fraction of sp³-hybridized carbons (Fsp3) is 0.280. The van der Waals surface area contributed by atoms with E-state index in [4.69, 9.17) is 9.72 Å². The zero-order valence-electron chi connectivity index (χ0n) is 17.9. The van der Waals surface area contributed by atoms with Crippen molar-refractivity contribution >= 4 is 49.2 Å². The third-order valence-electron chi connectivity index (χ3n) is 6.02. The monoisotopic (exact) mass is 526 g/mol. The lowest BCUT2D eigenvalue weighted by Crippen LogP contribution is -2.34. The predicted octanol–water partition coefficient (Wildman–Crippen LogP) is 6.74. The summed E-state index contributed by atoms with van der Waals surface area (Å²) in [6.45, 7) is 4.81. The molecule has 0 bridgehead atoms. The Morgan fingerprint density at radius 3 is 2.66 bits per heavy atom. The van der Waals surface area contributed by atoms with Crippen LogP contribution in [0, 0.1) is 0 Å². The van der Waals surface area contributed by atoms with Gasteiger partial charge in [-0.25, -0.2) is 4.98 Å². The van der Waals surface area contributed by atoms with Crippen LogP contribution in [0.25, 0.3) is 15.9 Å². The van der Waals surface area contributed by atoms with Gasteiger partial charge in [0.15, 0.2) is 5.16 Å². The summed E-state index contributed by atoms with van der Waals surface area (Å²) >= 11 is 6.68. The Balaban J connectivity index is 1.64. The number of benzene rings is 2. The number of hydrogen-bond donors (Lipinski definition) is 0. The van der Waals surface area contributed by atoms with Crippen LogP contribution in [0.15, 0.2) is 69.0 Å². The van der Waals surface area contributed by atoms with Gasteiger partial charge < -0.3 is 4.74 Å². The van der Waals surface area contributed by atoms with Crippen LogP contribution in [0.5, 0.6) is 0 Å². The molecule has 0 saturated heterocycles. The third-order valence-corrected chi connectivity index (χ3v) is 8.66. The van der Waals surface area contributed by atoms with Gasteiger partial charge >= 0.3 is 0 Å². The number of ether oxygens (including phenoxy) is 1. The molecule has 32 heavy (non-hydrogen) atoms. The molecule has 2 aromatic heterocycles. The molecule has 7 heteroatoms. The summed E-state index contributed by atoms with van der Waals surface area (Å²) in [5.41, 5.74) is 2.92. The summed E-state index contributed by atoms with van der Waals surface area (Å²) < 4.78 is 8.96. The Bertz CT molecular complexity index is 1330. The van der Waals surface area contributed by atoms with Gasteiger partial charge in [0, 0.05) is 21.5 Å². The van der Waals surface area contributed by atoms with Crippen molar-refractivity contribution in [2.45, 2.75) is 49.8 Å². The van der Waals surface area contributed by atoms with Gasteiger partial charge in [0.1, 0.15) is 4.83 Å². The molecule has 0 saturated carbocycles. The summed E-state index contributed by atoms with van der Waals surface area (Å²) in [6, 6.07) is 18.1. The Labute approximate surface area is 203 Å². The summed E-state index contributed by atoms with van der Waals surface area (Å²) in [5, 5.41) is 1.47. The summed E-state index contributed by atoms with van der Waals surface area (Å²) in [5.74, 6) is 0.736. The number of rotatable bonds is 5. The lowest BCUT2D eigenvalue weighted by Gasteiger charge is -2.32. The smallest absolute Gasteiger partial charge is 0.267 e. The summed E-state index contributed by atoms with van der Waals surface area (Å²) in [6.07, 6.45) is 1.65. The second-order valence-corrected chi connectivity index (χ2v) is 11.2. The van der Waals surface area contributed by atoms with Gasteiger partial charge in [-0.3, -0.25) is 9.36 Å². The molecule has 0 spiro atoms. The molecule has 1 aliphatic heterocycles. The van der Waals surface area contributed by atoms with E-state index in [0.717, 1.165) is 54.6 Å².